The Bertz CT molecular complexity index is 476. The second-order valence-corrected chi connectivity index (χ2v) is 6.35. The molecule has 4 heteroatoms. The maximum Gasteiger partial charge on any atom is 0.143 e. The van der Waals surface area contributed by atoms with Gasteiger partial charge in [0.05, 0.1) is 5.69 Å². The number of nitriles is 1. The number of anilines is 1. The van der Waals surface area contributed by atoms with Crippen LogP contribution in [0.15, 0.2) is 18.2 Å². The van der Waals surface area contributed by atoms with E-state index in [1.54, 1.807) is 12.1 Å². The van der Waals surface area contributed by atoms with E-state index < -0.39 is 5.82 Å². The highest BCUT2D eigenvalue weighted by Gasteiger charge is 2.31. The van der Waals surface area contributed by atoms with Gasteiger partial charge in [0, 0.05) is 11.3 Å². The van der Waals surface area contributed by atoms with Crippen LogP contribution >= 0.6 is 11.8 Å². The summed E-state index contributed by atoms with van der Waals surface area (Å²) in [6.45, 7) is 0.798. The fraction of sp³-hybridized carbons (Fsp3) is 0.533. The van der Waals surface area contributed by atoms with Crippen molar-refractivity contribution in [2.45, 2.75) is 36.9 Å². The maximum atomic E-state index is 13.5. The van der Waals surface area contributed by atoms with Gasteiger partial charge in [-0.05, 0) is 31.2 Å². The topological polar surface area (TPSA) is 35.8 Å². The molecule has 1 aromatic carbocycles. The summed E-state index contributed by atoms with van der Waals surface area (Å²) in [4.78, 5) is 0. The van der Waals surface area contributed by atoms with Gasteiger partial charge in [0.25, 0.3) is 0 Å². The smallest absolute Gasteiger partial charge is 0.143 e. The van der Waals surface area contributed by atoms with Gasteiger partial charge in [0.1, 0.15) is 17.4 Å². The van der Waals surface area contributed by atoms with Gasteiger partial charge in [-0.25, -0.2) is 4.39 Å². The van der Waals surface area contributed by atoms with Gasteiger partial charge in [-0.15, -0.1) is 0 Å². The second-order valence-electron chi connectivity index (χ2n) is 5.08. The first kappa shape index (κ1) is 14.2. The standard InChI is InChI=1S/C15H19FN2S/c1-19-15(8-3-2-4-9-15)11-18-14-7-5-6-13(16)12(14)10-17/h5-7,18H,2-4,8-9,11H2,1H3. The Morgan fingerprint density at radius 2 is 2.11 bits per heavy atom. The van der Waals surface area contributed by atoms with E-state index in [0.717, 1.165) is 6.54 Å². The van der Waals surface area contributed by atoms with Crippen LogP contribution in [-0.4, -0.2) is 17.5 Å². The molecule has 1 fully saturated rings. The lowest BCUT2D eigenvalue weighted by Crippen LogP contribution is -2.35. The van der Waals surface area contributed by atoms with Gasteiger partial charge >= 0.3 is 0 Å². The van der Waals surface area contributed by atoms with E-state index in [4.69, 9.17) is 5.26 Å². The predicted octanol–water partition coefficient (Wildman–Crippen LogP) is 4.18. The molecule has 0 radical (unpaired) electrons. The normalized spacial score (nSPS) is 17.7. The highest BCUT2D eigenvalue weighted by molar-refractivity contribution is 8.00. The minimum absolute atomic E-state index is 0.120. The average Bonchev–Trinajstić information content (AvgIpc) is 2.46. The third-order valence-electron chi connectivity index (χ3n) is 3.92. The van der Waals surface area contributed by atoms with Gasteiger partial charge < -0.3 is 5.32 Å². The van der Waals surface area contributed by atoms with Crippen LogP contribution in [0.5, 0.6) is 0 Å². The van der Waals surface area contributed by atoms with Crippen molar-refractivity contribution in [3.8, 4) is 6.07 Å². The van der Waals surface area contributed by atoms with E-state index in [0.29, 0.717) is 5.69 Å². The molecule has 0 aromatic heterocycles. The number of nitrogens with zero attached hydrogens (tertiary/aromatic N) is 1. The summed E-state index contributed by atoms with van der Waals surface area (Å²) < 4.78 is 13.8. The first-order chi connectivity index (χ1) is 9.21. The van der Waals surface area contributed by atoms with Crippen LogP contribution in [0, 0.1) is 17.1 Å². The van der Waals surface area contributed by atoms with Crippen molar-refractivity contribution >= 4 is 17.4 Å². The van der Waals surface area contributed by atoms with Crippen molar-refractivity contribution in [2.75, 3.05) is 18.1 Å². The van der Waals surface area contributed by atoms with Gasteiger partial charge in [-0.3, -0.25) is 0 Å². The van der Waals surface area contributed by atoms with E-state index in [9.17, 15) is 4.39 Å². The zero-order valence-corrected chi connectivity index (χ0v) is 12.0. The molecule has 1 aliphatic rings. The number of benzene rings is 1. The molecule has 2 nitrogen and oxygen atoms in total. The van der Waals surface area contributed by atoms with Gasteiger partial charge in [-0.1, -0.05) is 25.3 Å². The van der Waals surface area contributed by atoms with Gasteiger partial charge in [0.2, 0.25) is 0 Å². The number of halogens is 1. The van der Waals surface area contributed by atoms with Crippen molar-refractivity contribution in [3.63, 3.8) is 0 Å². The molecule has 19 heavy (non-hydrogen) atoms. The molecule has 0 atom stereocenters. The molecule has 1 aromatic rings. The highest BCUT2D eigenvalue weighted by Crippen LogP contribution is 2.38. The average molecular weight is 278 g/mol. The van der Waals surface area contributed by atoms with Gasteiger partial charge in [-0.2, -0.15) is 17.0 Å². The number of rotatable bonds is 4. The van der Waals surface area contributed by atoms with Crippen molar-refractivity contribution in [1.29, 1.82) is 5.26 Å². The summed E-state index contributed by atoms with van der Waals surface area (Å²) in [7, 11) is 0. The van der Waals surface area contributed by atoms with E-state index in [1.165, 1.54) is 38.2 Å². The summed E-state index contributed by atoms with van der Waals surface area (Å²) >= 11 is 1.89. The Labute approximate surface area is 118 Å². The molecule has 0 spiro atoms. The van der Waals surface area contributed by atoms with Crippen LogP contribution in [0.1, 0.15) is 37.7 Å². The maximum absolute atomic E-state index is 13.5. The molecule has 1 saturated carbocycles. The van der Waals surface area contributed by atoms with Crippen molar-refractivity contribution < 1.29 is 4.39 Å². The lowest BCUT2D eigenvalue weighted by molar-refractivity contribution is 0.411. The van der Waals surface area contributed by atoms with E-state index in [2.05, 4.69) is 11.6 Å². The van der Waals surface area contributed by atoms with Crippen molar-refractivity contribution in [1.82, 2.24) is 0 Å². The fourth-order valence-electron chi connectivity index (χ4n) is 2.69. The minimum Gasteiger partial charge on any atom is -0.382 e. The summed E-state index contributed by atoms with van der Waals surface area (Å²) in [6.07, 6.45) is 8.36. The van der Waals surface area contributed by atoms with Crippen LogP contribution in [0.25, 0.3) is 0 Å². The quantitative estimate of drug-likeness (QED) is 0.897. The third-order valence-corrected chi connectivity index (χ3v) is 5.34. The molecule has 0 saturated heterocycles. The lowest BCUT2D eigenvalue weighted by Gasteiger charge is -2.36. The predicted molar refractivity (Wildman–Crippen MR) is 78.9 cm³/mol. The minimum atomic E-state index is -0.450. The zero-order chi connectivity index (χ0) is 13.7. The van der Waals surface area contributed by atoms with Crippen molar-refractivity contribution in [2.24, 2.45) is 0 Å². The van der Waals surface area contributed by atoms with E-state index in [-0.39, 0.29) is 10.3 Å². The summed E-state index contributed by atoms with van der Waals surface area (Å²) in [6, 6.07) is 6.69. The number of hydrogen-bond donors (Lipinski definition) is 1. The van der Waals surface area contributed by atoms with Crippen LogP contribution in [0.2, 0.25) is 0 Å². The SMILES string of the molecule is CSC1(CNc2cccc(F)c2C#N)CCCCC1. The summed E-state index contributed by atoms with van der Waals surface area (Å²) in [5, 5.41) is 12.3. The molecule has 2 rings (SSSR count). The van der Waals surface area contributed by atoms with Crippen LogP contribution in [0.4, 0.5) is 10.1 Å². The Morgan fingerprint density at radius 3 is 2.74 bits per heavy atom. The Morgan fingerprint density at radius 1 is 1.37 bits per heavy atom. The molecule has 0 unspecified atom stereocenters. The molecule has 0 heterocycles. The Kier molecular flexibility index (Phi) is 4.71. The summed E-state index contributed by atoms with van der Waals surface area (Å²) in [5.74, 6) is -0.450. The molecule has 0 bridgehead atoms. The number of nitrogens with one attached hydrogen (secondary N) is 1. The highest BCUT2D eigenvalue weighted by atomic mass is 32.2. The zero-order valence-electron chi connectivity index (χ0n) is 11.2. The molecular formula is C15H19FN2S. The van der Waals surface area contributed by atoms with Crippen molar-refractivity contribution in [3.05, 3.63) is 29.6 Å². The van der Waals surface area contributed by atoms with E-state index in [1.807, 2.05) is 17.8 Å². The number of thioether (sulfide) groups is 1. The lowest BCUT2D eigenvalue weighted by atomic mass is 9.88. The van der Waals surface area contributed by atoms with Crippen LogP contribution in [0.3, 0.4) is 0 Å². The Balaban J connectivity index is 2.10. The number of hydrogen-bond acceptors (Lipinski definition) is 3. The monoisotopic (exact) mass is 278 g/mol. The molecule has 1 N–H and O–H groups in total. The largest absolute Gasteiger partial charge is 0.382 e. The van der Waals surface area contributed by atoms with E-state index >= 15 is 0 Å². The molecule has 102 valence electrons. The first-order valence-corrected chi connectivity index (χ1v) is 7.91. The molecule has 0 amide bonds. The Hall–Kier alpha value is -1.21. The van der Waals surface area contributed by atoms with Crippen LogP contribution < -0.4 is 5.32 Å². The van der Waals surface area contributed by atoms with Gasteiger partial charge in [0.15, 0.2) is 0 Å². The summed E-state index contributed by atoms with van der Waals surface area (Å²) in [5.41, 5.74) is 0.732. The van der Waals surface area contributed by atoms with Crippen LogP contribution in [-0.2, 0) is 0 Å². The molecule has 0 aliphatic heterocycles. The fourth-order valence-corrected chi connectivity index (χ4v) is 3.60. The molecule has 1 aliphatic carbocycles. The second kappa shape index (κ2) is 6.29. The molecular weight excluding hydrogens is 259 g/mol. The first-order valence-electron chi connectivity index (χ1n) is 6.68. The third kappa shape index (κ3) is 3.22.